The van der Waals surface area contributed by atoms with E-state index < -0.39 is 0 Å². The Balaban J connectivity index is 2.32. The first-order valence-electron chi connectivity index (χ1n) is 5.36. The number of hydrogen-bond acceptors (Lipinski definition) is 2. The summed E-state index contributed by atoms with van der Waals surface area (Å²) in [7, 11) is 5.18. The zero-order chi connectivity index (χ0) is 12.6. The molecule has 1 atom stereocenters. The third kappa shape index (κ3) is 2.05. The normalized spacial score (nSPS) is 20.0. The largest absolute Gasteiger partial charge is 0.497 e. The van der Waals surface area contributed by atoms with Crippen molar-refractivity contribution in [2.24, 2.45) is 0 Å². The van der Waals surface area contributed by atoms with E-state index in [1.807, 2.05) is 12.1 Å². The van der Waals surface area contributed by atoms with Crippen molar-refractivity contribution >= 4 is 17.6 Å². The molecule has 2 rings (SSSR count). The number of ether oxygens (including phenoxy) is 1. The summed E-state index contributed by atoms with van der Waals surface area (Å²) in [5, 5.41) is 0.629. The topological polar surface area (TPSA) is 32.8 Å². The van der Waals surface area contributed by atoms with Crippen molar-refractivity contribution in [1.29, 1.82) is 0 Å². The molecular weight excluding hydrogens is 240 g/mol. The van der Waals surface area contributed by atoms with Gasteiger partial charge in [-0.3, -0.25) is 0 Å². The van der Waals surface area contributed by atoms with E-state index in [0.29, 0.717) is 11.6 Å². The van der Waals surface area contributed by atoms with E-state index in [-0.39, 0.29) is 12.1 Å². The fourth-order valence-electron chi connectivity index (χ4n) is 2.07. The van der Waals surface area contributed by atoms with Crippen molar-refractivity contribution in [3.8, 4) is 5.75 Å². The van der Waals surface area contributed by atoms with Gasteiger partial charge in [0.25, 0.3) is 0 Å². The van der Waals surface area contributed by atoms with Crippen LogP contribution in [0, 0.1) is 0 Å². The Morgan fingerprint density at radius 3 is 2.59 bits per heavy atom. The van der Waals surface area contributed by atoms with E-state index in [1.54, 1.807) is 37.1 Å². The molecule has 0 spiro atoms. The number of likely N-dealkylation sites (N-methyl/N-ethyl adjacent to an activating group) is 2. The second kappa shape index (κ2) is 4.45. The summed E-state index contributed by atoms with van der Waals surface area (Å²) in [5.74, 6) is 0.721. The van der Waals surface area contributed by atoms with Crippen LogP contribution in [0.25, 0.3) is 0 Å². The Morgan fingerprint density at radius 2 is 2.12 bits per heavy atom. The summed E-state index contributed by atoms with van der Waals surface area (Å²) in [4.78, 5) is 15.1. The number of rotatable bonds is 2. The van der Waals surface area contributed by atoms with Crippen molar-refractivity contribution in [1.82, 2.24) is 9.80 Å². The highest BCUT2D eigenvalue weighted by Crippen LogP contribution is 2.33. The van der Waals surface area contributed by atoms with Crippen LogP contribution in [0.4, 0.5) is 4.79 Å². The molecule has 1 heterocycles. The van der Waals surface area contributed by atoms with Gasteiger partial charge in [0, 0.05) is 25.7 Å². The van der Waals surface area contributed by atoms with Crippen molar-refractivity contribution in [2.75, 3.05) is 27.7 Å². The van der Waals surface area contributed by atoms with Crippen molar-refractivity contribution in [2.45, 2.75) is 6.04 Å². The lowest BCUT2D eigenvalue weighted by molar-refractivity contribution is 0.201. The zero-order valence-electron chi connectivity index (χ0n) is 10.1. The molecule has 1 aromatic carbocycles. The van der Waals surface area contributed by atoms with Crippen LogP contribution in [0.5, 0.6) is 5.75 Å². The predicted molar refractivity (Wildman–Crippen MR) is 66.5 cm³/mol. The van der Waals surface area contributed by atoms with Gasteiger partial charge < -0.3 is 14.5 Å². The maximum absolute atomic E-state index is 11.7. The fraction of sp³-hybridized carbons (Fsp3) is 0.417. The van der Waals surface area contributed by atoms with Gasteiger partial charge in [-0.15, -0.1) is 0 Å². The lowest BCUT2D eigenvalue weighted by Crippen LogP contribution is -2.26. The van der Waals surface area contributed by atoms with Gasteiger partial charge in [-0.25, -0.2) is 4.79 Å². The molecule has 0 aromatic heterocycles. The Kier molecular flexibility index (Phi) is 3.15. The Morgan fingerprint density at radius 1 is 1.41 bits per heavy atom. The molecule has 1 fully saturated rings. The second-order valence-corrected chi connectivity index (χ2v) is 4.58. The van der Waals surface area contributed by atoms with Crippen LogP contribution in [0.15, 0.2) is 18.2 Å². The van der Waals surface area contributed by atoms with Crippen LogP contribution in [0.2, 0.25) is 5.02 Å². The molecule has 17 heavy (non-hydrogen) atoms. The number of urea groups is 1. The van der Waals surface area contributed by atoms with Gasteiger partial charge in [0.05, 0.1) is 13.2 Å². The maximum atomic E-state index is 11.7. The number of methoxy groups -OCH3 is 1. The summed E-state index contributed by atoms with van der Waals surface area (Å²) >= 11 is 6.21. The molecule has 0 radical (unpaired) electrons. The van der Waals surface area contributed by atoms with Crippen molar-refractivity contribution in [3.63, 3.8) is 0 Å². The number of nitrogens with zero attached hydrogens (tertiary/aromatic N) is 2. The molecule has 1 aliphatic heterocycles. The summed E-state index contributed by atoms with van der Waals surface area (Å²) in [6, 6.07) is 5.56. The molecule has 0 aliphatic carbocycles. The molecule has 1 unspecified atom stereocenters. The minimum Gasteiger partial charge on any atom is -0.497 e. The lowest BCUT2D eigenvalue weighted by atomic mass is 10.1. The monoisotopic (exact) mass is 254 g/mol. The predicted octanol–water partition coefficient (Wildman–Crippen LogP) is 2.39. The Bertz CT molecular complexity index is 450. The third-order valence-electron chi connectivity index (χ3n) is 3.11. The minimum absolute atomic E-state index is 0.00547. The van der Waals surface area contributed by atoms with Gasteiger partial charge in [-0.2, -0.15) is 0 Å². The van der Waals surface area contributed by atoms with Gasteiger partial charge in [-0.05, 0) is 17.7 Å². The molecule has 4 nitrogen and oxygen atoms in total. The molecule has 0 bridgehead atoms. The molecule has 1 saturated heterocycles. The summed E-state index contributed by atoms with van der Waals surface area (Å²) < 4.78 is 5.11. The van der Waals surface area contributed by atoms with Crippen LogP contribution in [0.3, 0.4) is 0 Å². The smallest absolute Gasteiger partial charge is 0.320 e. The highest BCUT2D eigenvalue weighted by molar-refractivity contribution is 6.31. The average molecular weight is 255 g/mol. The van der Waals surface area contributed by atoms with Crippen LogP contribution in [0.1, 0.15) is 11.6 Å². The number of amides is 2. The van der Waals surface area contributed by atoms with E-state index in [0.717, 1.165) is 11.3 Å². The molecule has 1 aliphatic rings. The van der Waals surface area contributed by atoms with Crippen LogP contribution < -0.4 is 4.74 Å². The van der Waals surface area contributed by atoms with Gasteiger partial charge in [-0.1, -0.05) is 17.7 Å². The van der Waals surface area contributed by atoms with E-state index >= 15 is 0 Å². The molecule has 92 valence electrons. The van der Waals surface area contributed by atoms with Gasteiger partial charge in [0.15, 0.2) is 0 Å². The van der Waals surface area contributed by atoms with Crippen molar-refractivity contribution < 1.29 is 9.53 Å². The molecule has 0 saturated carbocycles. The molecular formula is C12H15ClN2O2. The van der Waals surface area contributed by atoms with E-state index in [1.165, 1.54) is 0 Å². The van der Waals surface area contributed by atoms with E-state index in [9.17, 15) is 4.79 Å². The first-order valence-corrected chi connectivity index (χ1v) is 5.73. The highest BCUT2D eigenvalue weighted by atomic mass is 35.5. The van der Waals surface area contributed by atoms with E-state index in [4.69, 9.17) is 16.3 Å². The van der Waals surface area contributed by atoms with Gasteiger partial charge >= 0.3 is 6.03 Å². The number of carbonyl (C=O) groups excluding carboxylic acids is 1. The molecule has 1 aromatic rings. The molecule has 0 N–H and O–H groups in total. The molecule has 2 amide bonds. The first-order chi connectivity index (χ1) is 8.04. The average Bonchev–Trinajstić information content (AvgIpc) is 2.57. The lowest BCUT2D eigenvalue weighted by Gasteiger charge is -2.19. The quantitative estimate of drug-likeness (QED) is 0.812. The Hall–Kier alpha value is -1.42. The Labute approximate surface area is 106 Å². The van der Waals surface area contributed by atoms with Gasteiger partial charge in [0.2, 0.25) is 0 Å². The summed E-state index contributed by atoms with van der Waals surface area (Å²) in [6.07, 6.45) is 0. The number of halogens is 1. The number of benzene rings is 1. The highest BCUT2D eigenvalue weighted by Gasteiger charge is 2.34. The summed E-state index contributed by atoms with van der Waals surface area (Å²) in [5.41, 5.74) is 0.952. The third-order valence-corrected chi connectivity index (χ3v) is 3.44. The zero-order valence-corrected chi connectivity index (χ0v) is 10.9. The van der Waals surface area contributed by atoms with Crippen LogP contribution in [-0.2, 0) is 0 Å². The van der Waals surface area contributed by atoms with Crippen molar-refractivity contribution in [3.05, 3.63) is 28.8 Å². The van der Waals surface area contributed by atoms with Gasteiger partial charge in [0.1, 0.15) is 5.75 Å². The number of carbonyl (C=O) groups is 1. The first kappa shape index (κ1) is 12.0. The summed E-state index contributed by atoms with van der Waals surface area (Å²) in [6.45, 7) is 0.654. The maximum Gasteiger partial charge on any atom is 0.320 e. The van der Waals surface area contributed by atoms with E-state index in [2.05, 4.69) is 0 Å². The number of hydrogen-bond donors (Lipinski definition) is 0. The van der Waals surface area contributed by atoms with Crippen LogP contribution >= 0.6 is 11.6 Å². The fourth-order valence-corrected chi connectivity index (χ4v) is 2.37. The minimum atomic E-state index is 0.00547. The standard InChI is InChI=1S/C12H15ClN2O2/c1-14-7-11(15(2)12(14)16)9-5-4-8(17-3)6-10(9)13/h4-6,11H,7H2,1-3H3. The SMILES string of the molecule is COc1ccc(C2CN(C)C(=O)N2C)c(Cl)c1. The van der Waals surface area contributed by atoms with Crippen LogP contribution in [-0.4, -0.2) is 43.6 Å². The molecule has 5 heteroatoms. The second-order valence-electron chi connectivity index (χ2n) is 4.18.